The Kier molecular flexibility index (Phi) is 3.91. The maximum Gasteiger partial charge on any atom is 0.195 e. The molecule has 104 valence electrons. The molecule has 2 N–H and O–H groups in total. The molecule has 0 aromatic heterocycles. The molecule has 19 heavy (non-hydrogen) atoms. The van der Waals surface area contributed by atoms with Gasteiger partial charge in [-0.1, -0.05) is 0 Å². The average Bonchev–Trinajstić information content (AvgIpc) is 2.45. The molecule has 1 aromatic rings. The molecule has 2 rings (SSSR count). The second-order valence-electron chi connectivity index (χ2n) is 4.65. The number of ketones is 1. The van der Waals surface area contributed by atoms with Gasteiger partial charge in [0.1, 0.15) is 0 Å². The van der Waals surface area contributed by atoms with Crippen molar-refractivity contribution in [3.05, 3.63) is 35.1 Å². The quantitative estimate of drug-likeness (QED) is 0.677. The summed E-state index contributed by atoms with van der Waals surface area (Å²) in [5.74, 6) is -4.99. The van der Waals surface area contributed by atoms with Gasteiger partial charge in [0.15, 0.2) is 23.2 Å². The van der Waals surface area contributed by atoms with Crippen molar-refractivity contribution in [1.82, 2.24) is 0 Å². The highest BCUT2D eigenvalue weighted by Gasteiger charge is 2.40. The minimum atomic E-state index is -1.63. The van der Waals surface area contributed by atoms with Crippen LogP contribution in [0.4, 0.5) is 13.2 Å². The number of carbonyl (C=O) groups is 1. The molecular weight excluding hydrogens is 259 g/mol. The van der Waals surface area contributed by atoms with Gasteiger partial charge in [0.25, 0.3) is 0 Å². The van der Waals surface area contributed by atoms with Crippen molar-refractivity contribution in [1.29, 1.82) is 0 Å². The summed E-state index contributed by atoms with van der Waals surface area (Å²) in [4.78, 5) is 12.4. The Labute approximate surface area is 108 Å². The second kappa shape index (κ2) is 5.30. The smallest absolute Gasteiger partial charge is 0.195 e. The Morgan fingerprint density at radius 2 is 1.84 bits per heavy atom. The van der Waals surface area contributed by atoms with Crippen LogP contribution in [0.5, 0.6) is 0 Å². The molecule has 1 heterocycles. The van der Waals surface area contributed by atoms with Gasteiger partial charge < -0.3 is 10.5 Å². The summed E-state index contributed by atoms with van der Waals surface area (Å²) in [6, 6.07) is 1.71. The highest BCUT2D eigenvalue weighted by molar-refractivity contribution is 6.01. The Balaban J connectivity index is 2.40. The summed E-state index contributed by atoms with van der Waals surface area (Å²) >= 11 is 0. The fraction of sp³-hybridized carbons (Fsp3) is 0.462. The topological polar surface area (TPSA) is 52.3 Å². The number of carbonyl (C=O) groups excluding carboxylic acids is 1. The summed E-state index contributed by atoms with van der Waals surface area (Å²) in [7, 11) is 0. The first kappa shape index (κ1) is 14.0. The number of ether oxygens (including phenoxy) is 1. The summed E-state index contributed by atoms with van der Waals surface area (Å²) in [5, 5.41) is 0. The lowest BCUT2D eigenvalue weighted by molar-refractivity contribution is 0.0197. The minimum absolute atomic E-state index is 0.0215. The SMILES string of the molecule is NCC1(C(=O)c2ccc(F)c(F)c2F)CCOCC1. The summed E-state index contributed by atoms with van der Waals surface area (Å²) in [6.07, 6.45) is 0.696. The van der Waals surface area contributed by atoms with E-state index in [0.29, 0.717) is 26.1 Å². The highest BCUT2D eigenvalue weighted by atomic mass is 19.2. The Morgan fingerprint density at radius 1 is 1.21 bits per heavy atom. The van der Waals surface area contributed by atoms with Gasteiger partial charge in [-0.15, -0.1) is 0 Å². The van der Waals surface area contributed by atoms with Gasteiger partial charge in [-0.2, -0.15) is 0 Å². The Morgan fingerprint density at radius 3 is 2.42 bits per heavy atom. The van der Waals surface area contributed by atoms with Gasteiger partial charge in [0.05, 0.1) is 11.0 Å². The molecule has 0 radical (unpaired) electrons. The van der Waals surface area contributed by atoms with E-state index in [2.05, 4.69) is 0 Å². The van der Waals surface area contributed by atoms with Crippen LogP contribution in [0.25, 0.3) is 0 Å². The zero-order valence-electron chi connectivity index (χ0n) is 10.2. The van der Waals surface area contributed by atoms with Crippen LogP contribution in [0.2, 0.25) is 0 Å². The summed E-state index contributed by atoms with van der Waals surface area (Å²) in [6.45, 7) is 0.704. The van der Waals surface area contributed by atoms with Crippen LogP contribution < -0.4 is 5.73 Å². The van der Waals surface area contributed by atoms with E-state index < -0.39 is 34.2 Å². The van der Waals surface area contributed by atoms with Crippen LogP contribution in [0.1, 0.15) is 23.2 Å². The number of hydrogen-bond acceptors (Lipinski definition) is 3. The van der Waals surface area contributed by atoms with Gasteiger partial charge in [-0.3, -0.25) is 4.79 Å². The molecule has 1 aliphatic rings. The maximum atomic E-state index is 13.7. The number of benzene rings is 1. The van der Waals surface area contributed by atoms with Crippen molar-refractivity contribution >= 4 is 5.78 Å². The number of hydrogen-bond donors (Lipinski definition) is 1. The van der Waals surface area contributed by atoms with Crippen LogP contribution >= 0.6 is 0 Å². The van der Waals surface area contributed by atoms with Crippen LogP contribution in [0.3, 0.4) is 0 Å². The predicted octanol–water partition coefficient (Wildman–Crippen LogP) is 2.04. The van der Waals surface area contributed by atoms with Crippen molar-refractivity contribution < 1.29 is 22.7 Å². The first-order valence-electron chi connectivity index (χ1n) is 5.98. The van der Waals surface area contributed by atoms with Crippen molar-refractivity contribution in [3.63, 3.8) is 0 Å². The maximum absolute atomic E-state index is 13.7. The number of halogens is 3. The summed E-state index contributed by atoms with van der Waals surface area (Å²) in [5.41, 5.74) is 4.22. The Bertz CT molecular complexity index is 499. The van der Waals surface area contributed by atoms with Gasteiger partial charge in [0.2, 0.25) is 0 Å². The van der Waals surface area contributed by atoms with Crippen LogP contribution in [-0.4, -0.2) is 25.5 Å². The molecule has 0 aliphatic carbocycles. The second-order valence-corrected chi connectivity index (χ2v) is 4.65. The van der Waals surface area contributed by atoms with Gasteiger partial charge in [-0.25, -0.2) is 13.2 Å². The van der Waals surface area contributed by atoms with Crippen molar-refractivity contribution in [2.45, 2.75) is 12.8 Å². The van der Waals surface area contributed by atoms with Gasteiger partial charge >= 0.3 is 0 Å². The van der Waals surface area contributed by atoms with E-state index in [-0.39, 0.29) is 6.54 Å². The normalized spacial score (nSPS) is 18.3. The molecule has 0 saturated carbocycles. The lowest BCUT2D eigenvalue weighted by Crippen LogP contribution is -2.43. The number of Topliss-reactive ketones (excluding diaryl/α,β-unsaturated/α-hetero) is 1. The van der Waals surface area contributed by atoms with Crippen LogP contribution in [-0.2, 0) is 4.74 Å². The molecule has 1 saturated heterocycles. The van der Waals surface area contributed by atoms with Gasteiger partial charge in [0, 0.05) is 19.8 Å². The standard InChI is InChI=1S/C13H14F3NO2/c14-9-2-1-8(10(15)11(9)16)12(18)13(7-17)3-5-19-6-4-13/h1-2H,3-7,17H2. The van der Waals surface area contributed by atoms with E-state index in [1.54, 1.807) is 0 Å². The number of nitrogens with two attached hydrogens (primary N) is 1. The largest absolute Gasteiger partial charge is 0.381 e. The predicted molar refractivity (Wildman–Crippen MR) is 62.2 cm³/mol. The van der Waals surface area contributed by atoms with Gasteiger partial charge in [-0.05, 0) is 25.0 Å². The third-order valence-corrected chi connectivity index (χ3v) is 3.60. The van der Waals surface area contributed by atoms with Crippen molar-refractivity contribution in [3.8, 4) is 0 Å². The first-order chi connectivity index (χ1) is 9.02. The molecule has 1 aliphatic heterocycles. The van der Waals surface area contributed by atoms with Crippen LogP contribution in [0, 0.1) is 22.9 Å². The molecule has 0 amide bonds. The highest BCUT2D eigenvalue weighted by Crippen LogP contribution is 2.34. The van der Waals surface area contributed by atoms with E-state index in [0.717, 1.165) is 12.1 Å². The average molecular weight is 273 g/mol. The Hall–Kier alpha value is -1.40. The fourth-order valence-electron chi connectivity index (χ4n) is 2.27. The number of rotatable bonds is 3. The molecular formula is C13H14F3NO2. The molecule has 0 spiro atoms. The fourth-order valence-corrected chi connectivity index (χ4v) is 2.27. The molecule has 0 bridgehead atoms. The molecule has 1 aromatic carbocycles. The third-order valence-electron chi connectivity index (χ3n) is 3.60. The lowest BCUT2D eigenvalue weighted by Gasteiger charge is -2.34. The van der Waals surface area contributed by atoms with E-state index in [1.807, 2.05) is 0 Å². The molecule has 1 fully saturated rings. The van der Waals surface area contributed by atoms with E-state index in [4.69, 9.17) is 10.5 Å². The van der Waals surface area contributed by atoms with E-state index in [9.17, 15) is 18.0 Å². The minimum Gasteiger partial charge on any atom is -0.381 e. The van der Waals surface area contributed by atoms with E-state index in [1.165, 1.54) is 0 Å². The zero-order valence-corrected chi connectivity index (χ0v) is 10.2. The summed E-state index contributed by atoms with van der Waals surface area (Å²) < 4.78 is 44.9. The first-order valence-corrected chi connectivity index (χ1v) is 5.98. The molecule has 6 heteroatoms. The molecule has 3 nitrogen and oxygen atoms in total. The third kappa shape index (κ3) is 2.37. The molecule has 0 unspecified atom stereocenters. The van der Waals surface area contributed by atoms with Crippen molar-refractivity contribution in [2.75, 3.05) is 19.8 Å². The van der Waals surface area contributed by atoms with E-state index >= 15 is 0 Å². The molecule has 0 atom stereocenters. The zero-order chi connectivity index (χ0) is 14.0. The van der Waals surface area contributed by atoms with Crippen LogP contribution in [0.15, 0.2) is 12.1 Å². The van der Waals surface area contributed by atoms with Crippen molar-refractivity contribution in [2.24, 2.45) is 11.1 Å². The monoisotopic (exact) mass is 273 g/mol. The lowest BCUT2D eigenvalue weighted by atomic mass is 9.74.